The molecule has 0 saturated carbocycles. The Morgan fingerprint density at radius 3 is 2.20 bits per heavy atom. The molecule has 2 amide bonds. The van der Waals surface area contributed by atoms with Crippen LogP contribution >= 0.6 is 69.3 Å². The molecule has 8 nitrogen and oxygen atoms in total. The lowest BCUT2D eigenvalue weighted by Gasteiger charge is -2.11. The summed E-state index contributed by atoms with van der Waals surface area (Å²) in [7, 11) is 0. The molecule has 4 aromatic carbocycles. The van der Waals surface area contributed by atoms with E-state index in [2.05, 4.69) is 26.1 Å². The first kappa shape index (κ1) is 32.6. The van der Waals surface area contributed by atoms with Gasteiger partial charge in [0.25, 0.3) is 11.8 Å². The lowest BCUT2D eigenvalue weighted by atomic mass is 10.1. The number of anilines is 3. The molecule has 0 fully saturated rings. The predicted octanol–water partition coefficient (Wildman–Crippen LogP) is 9.60. The standard InChI is InChI=1S/C31H20Cl5N5O3S/c32-20-5-7-21(8-6-20)39-31-40-27(16-45-31)18-1-3-19(4-2-18)30(43)41-37-14-17-11-25(35)29(26(36)12-17)44-15-28(42)38-22-9-10-23(33)24(34)13-22/h1-14,16H,15H2,(H,38,42)(H,39,40)(H,41,43)/b37-14-. The first-order valence-corrected chi connectivity index (χ1v) is 15.7. The molecule has 0 aliphatic heterocycles. The fraction of sp³-hybridized carbons (Fsp3) is 0.0323. The molecule has 228 valence electrons. The lowest BCUT2D eigenvalue weighted by Crippen LogP contribution is -2.20. The number of ether oxygens (including phenoxy) is 1. The van der Waals surface area contributed by atoms with Crippen LogP contribution in [0, 0.1) is 0 Å². The monoisotopic (exact) mass is 717 g/mol. The predicted molar refractivity (Wildman–Crippen MR) is 184 cm³/mol. The van der Waals surface area contributed by atoms with E-state index in [1.54, 1.807) is 36.4 Å². The van der Waals surface area contributed by atoms with Gasteiger partial charge in [0.15, 0.2) is 17.5 Å². The minimum atomic E-state index is -0.454. The number of halogens is 5. The molecule has 0 saturated heterocycles. The number of hydrazone groups is 1. The number of thiazole rings is 1. The fourth-order valence-electron chi connectivity index (χ4n) is 3.84. The first-order chi connectivity index (χ1) is 21.6. The van der Waals surface area contributed by atoms with Crippen LogP contribution in [0.1, 0.15) is 15.9 Å². The van der Waals surface area contributed by atoms with E-state index in [-0.39, 0.29) is 22.4 Å². The van der Waals surface area contributed by atoms with Gasteiger partial charge in [-0.1, -0.05) is 70.1 Å². The van der Waals surface area contributed by atoms with Crippen molar-refractivity contribution in [2.75, 3.05) is 17.2 Å². The lowest BCUT2D eigenvalue weighted by molar-refractivity contribution is -0.118. The Morgan fingerprint density at radius 2 is 1.51 bits per heavy atom. The second-order valence-corrected chi connectivity index (χ2v) is 12.1. The van der Waals surface area contributed by atoms with Crippen LogP contribution in [0.25, 0.3) is 11.3 Å². The summed E-state index contributed by atoms with van der Waals surface area (Å²) in [5, 5.41) is 14.2. The van der Waals surface area contributed by atoms with E-state index in [4.69, 9.17) is 62.7 Å². The minimum absolute atomic E-state index is 0.122. The largest absolute Gasteiger partial charge is 0.481 e. The Labute approximate surface area is 286 Å². The topological polar surface area (TPSA) is 105 Å². The number of nitrogens with zero attached hydrogens (tertiary/aromatic N) is 2. The van der Waals surface area contributed by atoms with Gasteiger partial charge in [-0.15, -0.1) is 11.3 Å². The second kappa shape index (κ2) is 15.0. The van der Waals surface area contributed by atoms with Gasteiger partial charge in [-0.2, -0.15) is 5.10 Å². The number of carbonyl (C=O) groups excluding carboxylic acids is 2. The number of rotatable bonds is 10. The van der Waals surface area contributed by atoms with Gasteiger partial charge in [0.05, 0.1) is 32.0 Å². The van der Waals surface area contributed by atoms with Crippen molar-refractivity contribution in [2.45, 2.75) is 0 Å². The molecule has 0 unspecified atom stereocenters. The van der Waals surface area contributed by atoms with Gasteiger partial charge in [0.2, 0.25) is 0 Å². The zero-order chi connectivity index (χ0) is 31.9. The number of nitrogens with one attached hydrogen (secondary N) is 3. The number of aromatic nitrogens is 1. The molecule has 14 heteroatoms. The molecule has 1 heterocycles. The number of carbonyl (C=O) groups is 2. The van der Waals surface area contributed by atoms with Crippen LogP contribution in [0.4, 0.5) is 16.5 Å². The first-order valence-electron chi connectivity index (χ1n) is 12.9. The molecule has 5 aromatic rings. The summed E-state index contributed by atoms with van der Waals surface area (Å²) in [6.45, 7) is -0.355. The average Bonchev–Trinajstić information content (AvgIpc) is 3.48. The molecule has 0 atom stereocenters. The van der Waals surface area contributed by atoms with Crippen molar-refractivity contribution in [2.24, 2.45) is 5.10 Å². The summed E-state index contributed by atoms with van der Waals surface area (Å²) in [4.78, 5) is 29.5. The summed E-state index contributed by atoms with van der Waals surface area (Å²) in [5.41, 5.74) is 6.34. The van der Waals surface area contributed by atoms with Crippen LogP contribution < -0.4 is 20.8 Å². The van der Waals surface area contributed by atoms with E-state index in [1.165, 1.54) is 35.8 Å². The van der Waals surface area contributed by atoms with Gasteiger partial charge in [-0.25, -0.2) is 10.4 Å². The summed E-state index contributed by atoms with van der Waals surface area (Å²) >= 11 is 31.9. The van der Waals surface area contributed by atoms with Crippen LogP contribution in [0.5, 0.6) is 5.75 Å². The second-order valence-electron chi connectivity index (χ2n) is 9.23. The van der Waals surface area contributed by atoms with Crippen molar-refractivity contribution < 1.29 is 14.3 Å². The van der Waals surface area contributed by atoms with E-state index in [9.17, 15) is 9.59 Å². The van der Waals surface area contributed by atoms with Gasteiger partial charge in [-0.3, -0.25) is 9.59 Å². The summed E-state index contributed by atoms with van der Waals surface area (Å²) in [6.07, 6.45) is 1.38. The maximum absolute atomic E-state index is 12.6. The van der Waals surface area contributed by atoms with E-state index in [0.717, 1.165) is 22.1 Å². The van der Waals surface area contributed by atoms with Crippen LogP contribution in [0.15, 0.2) is 89.3 Å². The Balaban J connectivity index is 1.13. The molecular weight excluding hydrogens is 700 g/mol. The highest BCUT2D eigenvalue weighted by molar-refractivity contribution is 7.14. The average molecular weight is 720 g/mol. The molecule has 1 aromatic heterocycles. The maximum atomic E-state index is 12.6. The number of benzene rings is 4. The van der Waals surface area contributed by atoms with Crippen molar-refractivity contribution in [1.82, 2.24) is 10.4 Å². The van der Waals surface area contributed by atoms with Crippen molar-refractivity contribution in [3.63, 3.8) is 0 Å². The van der Waals surface area contributed by atoms with Crippen LogP contribution in [0.2, 0.25) is 25.1 Å². The van der Waals surface area contributed by atoms with Crippen LogP contribution in [-0.4, -0.2) is 29.6 Å². The molecule has 0 spiro atoms. The third-order valence-electron chi connectivity index (χ3n) is 5.99. The smallest absolute Gasteiger partial charge is 0.271 e. The quantitative estimate of drug-likeness (QED) is 0.0985. The fourth-order valence-corrected chi connectivity index (χ4v) is 5.62. The number of hydrogen-bond acceptors (Lipinski definition) is 7. The van der Waals surface area contributed by atoms with Crippen molar-refractivity contribution in [3.05, 3.63) is 120 Å². The van der Waals surface area contributed by atoms with Crippen molar-refractivity contribution >= 4 is 104 Å². The molecule has 3 N–H and O–H groups in total. The highest BCUT2D eigenvalue weighted by Gasteiger charge is 2.13. The van der Waals surface area contributed by atoms with Gasteiger partial charge in [-0.05, 0) is 72.3 Å². The molecule has 0 aliphatic carbocycles. The Hall–Kier alpha value is -3.83. The zero-order valence-corrected chi connectivity index (χ0v) is 27.4. The molecule has 0 bridgehead atoms. The molecule has 45 heavy (non-hydrogen) atoms. The van der Waals surface area contributed by atoms with E-state index in [1.807, 2.05) is 29.6 Å². The van der Waals surface area contributed by atoms with Gasteiger partial charge >= 0.3 is 0 Å². The summed E-state index contributed by atoms with van der Waals surface area (Å²) < 4.78 is 5.52. The van der Waals surface area contributed by atoms with Gasteiger partial charge in [0, 0.05) is 32.9 Å². The molecule has 5 rings (SSSR count). The molecular formula is C31H20Cl5N5O3S. The number of amides is 2. The summed E-state index contributed by atoms with van der Waals surface area (Å²) in [5.74, 6) is -0.743. The van der Waals surface area contributed by atoms with Crippen molar-refractivity contribution in [3.8, 4) is 17.0 Å². The van der Waals surface area contributed by atoms with Gasteiger partial charge in [0.1, 0.15) is 0 Å². The maximum Gasteiger partial charge on any atom is 0.271 e. The third kappa shape index (κ3) is 8.88. The van der Waals surface area contributed by atoms with E-state index in [0.29, 0.717) is 31.9 Å². The van der Waals surface area contributed by atoms with E-state index >= 15 is 0 Å². The Morgan fingerprint density at radius 1 is 0.822 bits per heavy atom. The molecule has 0 radical (unpaired) electrons. The summed E-state index contributed by atoms with van der Waals surface area (Å²) in [6, 6.07) is 22.1. The van der Waals surface area contributed by atoms with Gasteiger partial charge < -0.3 is 15.4 Å². The minimum Gasteiger partial charge on any atom is -0.481 e. The highest BCUT2D eigenvalue weighted by Crippen LogP contribution is 2.34. The normalized spacial score (nSPS) is 11.0. The SMILES string of the molecule is O=C(COc1c(Cl)cc(/C=N\NC(=O)c2ccc(-c3csc(Nc4ccc(Cl)cc4)n3)cc2)cc1Cl)Nc1ccc(Cl)c(Cl)c1. The van der Waals surface area contributed by atoms with Crippen LogP contribution in [0.3, 0.4) is 0 Å². The Kier molecular flexibility index (Phi) is 10.8. The van der Waals surface area contributed by atoms with Crippen molar-refractivity contribution in [1.29, 1.82) is 0 Å². The zero-order valence-electron chi connectivity index (χ0n) is 22.8. The third-order valence-corrected chi connectivity index (χ3v) is 8.30. The van der Waals surface area contributed by atoms with E-state index < -0.39 is 11.8 Å². The van der Waals surface area contributed by atoms with Crippen LogP contribution in [-0.2, 0) is 4.79 Å². The molecule has 0 aliphatic rings. The number of hydrogen-bond donors (Lipinski definition) is 3. The highest BCUT2D eigenvalue weighted by atomic mass is 35.5. The Bertz CT molecular complexity index is 1860.